The molecule has 3 unspecified atom stereocenters. The Hall–Kier alpha value is -1.51. The zero-order valence-electron chi connectivity index (χ0n) is 61.4. The van der Waals surface area contributed by atoms with Crippen LogP contribution in [0.1, 0.15) is 425 Å². The normalized spacial score (nSPS) is 13.5. The van der Waals surface area contributed by atoms with Crippen LogP contribution in [-0.4, -0.2) is 74.3 Å². The summed E-state index contributed by atoms with van der Waals surface area (Å²) in [6.45, 7) is 7.10. The van der Waals surface area contributed by atoms with Gasteiger partial charge in [0.05, 0.1) is 33.8 Å². The van der Waals surface area contributed by atoms with Gasteiger partial charge in [-0.25, -0.2) is 4.57 Å². The van der Waals surface area contributed by atoms with E-state index in [1.165, 1.54) is 334 Å². The Morgan fingerprint density at radius 3 is 0.944 bits per heavy atom. The topological polar surface area (TPSA) is 111 Å². The summed E-state index contributed by atoms with van der Waals surface area (Å²) in [4.78, 5) is 38.0. The van der Waals surface area contributed by atoms with Gasteiger partial charge < -0.3 is 19.4 Å². The highest BCUT2D eigenvalue weighted by molar-refractivity contribution is 7.47. The molecule has 0 aliphatic rings. The van der Waals surface area contributed by atoms with Gasteiger partial charge in [-0.05, 0) is 57.4 Å². The molecule has 0 aromatic rings. The quantitative estimate of drug-likeness (QED) is 0.0205. The van der Waals surface area contributed by atoms with E-state index in [0.29, 0.717) is 23.9 Å². The van der Waals surface area contributed by atoms with Gasteiger partial charge in [0.2, 0.25) is 5.91 Å². The van der Waals surface area contributed by atoms with E-state index in [1.807, 2.05) is 27.2 Å². The van der Waals surface area contributed by atoms with Crippen molar-refractivity contribution in [1.29, 1.82) is 0 Å². The average Bonchev–Trinajstić information content (AvgIpc) is 3.04. The van der Waals surface area contributed by atoms with Crippen LogP contribution in [0.25, 0.3) is 0 Å². The van der Waals surface area contributed by atoms with Crippen LogP contribution in [0.2, 0.25) is 0 Å². The first-order chi connectivity index (χ1) is 43.9. The minimum Gasteiger partial charge on any atom is -0.456 e. The Labute approximate surface area is 562 Å². The molecule has 0 saturated carbocycles. The van der Waals surface area contributed by atoms with Crippen molar-refractivity contribution < 1.29 is 37.3 Å². The highest BCUT2D eigenvalue weighted by atomic mass is 31.2. The van der Waals surface area contributed by atoms with Crippen molar-refractivity contribution >= 4 is 19.7 Å². The molecule has 0 aliphatic heterocycles. The number of hydrogen-bond acceptors (Lipinski definition) is 6. The standard InChI is InChI=1S/C80H157N2O7P/c1-7-10-13-16-19-22-25-28-30-32-34-36-38-40-41-43-44-46-48-50-52-54-57-60-63-66-69-72-79(83)81-77(76-88-90(85,86)87-75-74-82(4,5)6)78(71-68-65-62-59-56-27-24-21-18-15-12-9-3)89-80(84)73-70-67-64-61-58-55-53-51-49-47-45-42-39-37-35-33-31-29-26-23-20-17-14-11-8-2/h28,30,68,71,77-78H,7-27,29,31-67,69-70,72-76H2,1-6H3,(H-,81,83,85,86)/p+1/b30-28+,71-68+. The maximum Gasteiger partial charge on any atom is 0.472 e. The van der Waals surface area contributed by atoms with Crippen LogP contribution >= 0.6 is 7.82 Å². The Bertz CT molecular complexity index is 1580. The summed E-state index contributed by atoms with van der Waals surface area (Å²) in [6, 6.07) is -0.844. The van der Waals surface area contributed by atoms with Gasteiger partial charge in [0, 0.05) is 12.8 Å². The molecule has 0 radical (unpaired) electrons. The number of amides is 1. The monoisotopic (exact) mass is 1290 g/mol. The molecule has 0 spiro atoms. The number of rotatable bonds is 75. The van der Waals surface area contributed by atoms with Crippen molar-refractivity contribution in [3.05, 3.63) is 24.3 Å². The van der Waals surface area contributed by atoms with Gasteiger partial charge in [0.1, 0.15) is 19.3 Å². The van der Waals surface area contributed by atoms with Gasteiger partial charge in [-0.1, -0.05) is 379 Å². The minimum absolute atomic E-state index is 0.0451. The van der Waals surface area contributed by atoms with Gasteiger partial charge in [0.15, 0.2) is 0 Å². The molecule has 0 aliphatic carbocycles. The van der Waals surface area contributed by atoms with Crippen LogP contribution in [0.5, 0.6) is 0 Å². The molecule has 0 aromatic heterocycles. The molecule has 0 saturated heterocycles. The van der Waals surface area contributed by atoms with Crippen molar-refractivity contribution in [3.63, 3.8) is 0 Å². The summed E-state index contributed by atoms with van der Waals surface area (Å²) in [6.07, 6.45) is 87.9. The zero-order chi connectivity index (χ0) is 65.6. The first-order valence-electron chi connectivity index (χ1n) is 40.2. The number of unbranched alkanes of at least 4 members (excludes halogenated alkanes) is 57. The molecule has 534 valence electrons. The lowest BCUT2D eigenvalue weighted by atomic mass is 10.0. The third kappa shape index (κ3) is 70.8. The number of quaternary nitrogens is 1. The van der Waals surface area contributed by atoms with E-state index in [2.05, 4.69) is 44.3 Å². The third-order valence-corrected chi connectivity index (χ3v) is 19.6. The molecule has 90 heavy (non-hydrogen) atoms. The van der Waals surface area contributed by atoms with Gasteiger partial charge in [0.25, 0.3) is 0 Å². The van der Waals surface area contributed by atoms with Gasteiger partial charge >= 0.3 is 13.8 Å². The number of carbonyl (C=O) groups is 2. The molecule has 9 nitrogen and oxygen atoms in total. The van der Waals surface area contributed by atoms with Crippen molar-refractivity contribution in [1.82, 2.24) is 5.32 Å². The fourth-order valence-corrected chi connectivity index (χ4v) is 13.2. The first kappa shape index (κ1) is 88.5. The molecule has 2 N–H and O–H groups in total. The Kier molecular flexibility index (Phi) is 69.1. The summed E-state index contributed by atoms with van der Waals surface area (Å²) in [5.74, 6) is -0.476. The number of phosphoric ester groups is 1. The van der Waals surface area contributed by atoms with Crippen molar-refractivity contribution in [2.45, 2.75) is 437 Å². The molecule has 0 bridgehead atoms. The SMILES string of the molecule is CCCCCCCC/C=C/CCCCCCCCCCCCCCCCCCCC(=O)NC(COP(=O)(O)OCC[N+](C)(C)C)C(/C=C/CCCCCCCCCCCC)OC(=O)CCCCCCCCCCCCCCCCCCCCCCCCCCC. The number of likely N-dealkylation sites (N-methyl/N-ethyl adjacent to an activating group) is 1. The third-order valence-electron chi connectivity index (χ3n) is 18.6. The summed E-state index contributed by atoms with van der Waals surface area (Å²) in [7, 11) is 1.52. The maximum absolute atomic E-state index is 13.7. The van der Waals surface area contributed by atoms with Gasteiger partial charge in [-0.2, -0.15) is 0 Å². The predicted octanol–water partition coefficient (Wildman–Crippen LogP) is 26.0. The minimum atomic E-state index is -4.45. The molecule has 1 amide bonds. The van der Waals surface area contributed by atoms with Crippen molar-refractivity contribution in [3.8, 4) is 0 Å². The largest absolute Gasteiger partial charge is 0.472 e. The van der Waals surface area contributed by atoms with Crippen LogP contribution in [0, 0.1) is 0 Å². The molecule has 0 aromatic carbocycles. The first-order valence-corrected chi connectivity index (χ1v) is 41.7. The molecule has 3 atom stereocenters. The summed E-state index contributed by atoms with van der Waals surface area (Å²) >= 11 is 0. The molecule has 0 rings (SSSR count). The van der Waals surface area contributed by atoms with Crippen molar-refractivity contribution in [2.24, 2.45) is 0 Å². The molecule has 10 heteroatoms. The molecular formula is C80H158N2O7P+. The summed E-state index contributed by atoms with van der Waals surface area (Å²) < 4.78 is 30.9. The summed E-state index contributed by atoms with van der Waals surface area (Å²) in [5, 5.41) is 3.09. The Morgan fingerprint density at radius 2 is 0.644 bits per heavy atom. The van der Waals surface area contributed by atoms with Crippen LogP contribution in [0.3, 0.4) is 0 Å². The highest BCUT2D eigenvalue weighted by Crippen LogP contribution is 2.43. The maximum atomic E-state index is 13.7. The van der Waals surface area contributed by atoms with E-state index in [0.717, 1.165) is 57.8 Å². The van der Waals surface area contributed by atoms with Gasteiger partial charge in [-0.3, -0.25) is 18.6 Å². The number of ether oxygens (including phenoxy) is 1. The smallest absolute Gasteiger partial charge is 0.456 e. The van der Waals surface area contributed by atoms with Crippen molar-refractivity contribution in [2.75, 3.05) is 40.9 Å². The lowest BCUT2D eigenvalue weighted by Gasteiger charge is -2.27. The highest BCUT2D eigenvalue weighted by Gasteiger charge is 2.30. The van der Waals surface area contributed by atoms with E-state index in [9.17, 15) is 19.0 Å². The molecular weight excluding hydrogens is 1130 g/mol. The second kappa shape index (κ2) is 70.3. The number of carbonyl (C=O) groups excluding carboxylic acids is 2. The van der Waals surface area contributed by atoms with E-state index in [-0.39, 0.29) is 25.1 Å². The Balaban J connectivity index is 4.87. The second-order valence-corrected chi connectivity index (χ2v) is 30.4. The number of hydrogen-bond donors (Lipinski definition) is 2. The second-order valence-electron chi connectivity index (χ2n) is 29.0. The zero-order valence-corrected chi connectivity index (χ0v) is 62.3. The predicted molar refractivity (Wildman–Crippen MR) is 393 cm³/mol. The van der Waals surface area contributed by atoms with Crippen LogP contribution in [-0.2, 0) is 27.9 Å². The van der Waals surface area contributed by atoms with E-state index in [1.54, 1.807) is 0 Å². The number of allylic oxidation sites excluding steroid dienone is 3. The number of nitrogens with zero attached hydrogens (tertiary/aromatic N) is 1. The molecule has 0 fully saturated rings. The Morgan fingerprint density at radius 1 is 0.378 bits per heavy atom. The molecule has 0 heterocycles. The van der Waals surface area contributed by atoms with E-state index < -0.39 is 20.0 Å². The average molecular weight is 1290 g/mol. The lowest BCUT2D eigenvalue weighted by Crippen LogP contribution is -2.47. The number of esters is 1. The fraction of sp³-hybridized carbons (Fsp3) is 0.925. The summed E-state index contributed by atoms with van der Waals surface area (Å²) in [5.41, 5.74) is 0. The van der Waals surface area contributed by atoms with Gasteiger partial charge in [-0.15, -0.1) is 0 Å². The number of nitrogens with one attached hydrogen (secondary N) is 1. The lowest BCUT2D eigenvalue weighted by molar-refractivity contribution is -0.870. The van der Waals surface area contributed by atoms with E-state index in [4.69, 9.17) is 13.8 Å². The van der Waals surface area contributed by atoms with Crippen LogP contribution < -0.4 is 5.32 Å². The number of phosphoric acid groups is 1. The van der Waals surface area contributed by atoms with Crippen LogP contribution in [0.4, 0.5) is 0 Å². The van der Waals surface area contributed by atoms with E-state index >= 15 is 0 Å². The fourth-order valence-electron chi connectivity index (χ4n) is 12.5. The van der Waals surface area contributed by atoms with Crippen LogP contribution in [0.15, 0.2) is 24.3 Å².